The summed E-state index contributed by atoms with van der Waals surface area (Å²) in [5.41, 5.74) is 1.64. The Bertz CT molecular complexity index is 853. The number of phenolic OH excluding ortho intramolecular Hbond substituents is 1. The van der Waals surface area contributed by atoms with Gasteiger partial charge in [0.25, 0.3) is 0 Å². The van der Waals surface area contributed by atoms with Crippen LogP contribution in [0.2, 0.25) is 0 Å². The lowest BCUT2D eigenvalue weighted by Crippen LogP contribution is -2.31. The first-order valence-electron chi connectivity index (χ1n) is 8.85. The first kappa shape index (κ1) is 19.0. The summed E-state index contributed by atoms with van der Waals surface area (Å²) in [6, 6.07) is 22.5. The van der Waals surface area contributed by atoms with Crippen molar-refractivity contribution in [2.24, 2.45) is 0 Å². The molecule has 0 unspecified atom stereocenters. The first-order valence-corrected chi connectivity index (χ1v) is 8.85. The molecule has 3 rings (SSSR count). The number of aromatic hydroxyl groups is 1. The fraction of sp³-hybridized carbons (Fsp3) is 0.217. The third-order valence-electron chi connectivity index (χ3n) is 4.66. The second-order valence-electron chi connectivity index (χ2n) is 6.86. The van der Waals surface area contributed by atoms with Crippen LogP contribution in [0.5, 0.6) is 11.5 Å². The lowest BCUT2D eigenvalue weighted by Gasteiger charge is -2.33. The molecule has 0 aliphatic heterocycles. The molecule has 4 heteroatoms. The van der Waals surface area contributed by atoms with Gasteiger partial charge in [0.15, 0.2) is 11.5 Å². The Labute approximate surface area is 160 Å². The summed E-state index contributed by atoms with van der Waals surface area (Å²) in [6.45, 7) is 0.564. The average molecular weight is 363 g/mol. The lowest BCUT2D eigenvalue weighted by atomic mass is 9.78. The predicted molar refractivity (Wildman–Crippen MR) is 107 cm³/mol. The Hall–Kier alpha value is -2.82. The van der Waals surface area contributed by atoms with Crippen LogP contribution in [0.15, 0.2) is 72.8 Å². The summed E-state index contributed by atoms with van der Waals surface area (Å²) in [5.74, 6) is 0.388. The number of phenols is 1. The predicted octanol–water partition coefficient (Wildman–Crippen LogP) is 3.75. The van der Waals surface area contributed by atoms with Crippen LogP contribution in [0.4, 0.5) is 0 Å². The van der Waals surface area contributed by atoms with E-state index in [0.717, 1.165) is 16.7 Å². The Kier molecular flexibility index (Phi) is 5.49. The summed E-state index contributed by atoms with van der Waals surface area (Å²) in [4.78, 5) is 2.00. The number of nitrogens with zero attached hydrogens (tertiary/aromatic N) is 1. The molecule has 0 radical (unpaired) electrons. The topological polar surface area (TPSA) is 52.9 Å². The molecule has 140 valence electrons. The van der Waals surface area contributed by atoms with Crippen LogP contribution >= 0.6 is 0 Å². The SMILES string of the molecule is COc1cc(C(O)(c2ccccc2)c2ccccc2)c(CN(C)C)cc1O. The van der Waals surface area contributed by atoms with Crippen LogP contribution < -0.4 is 4.74 Å². The molecule has 0 saturated heterocycles. The van der Waals surface area contributed by atoms with Gasteiger partial charge in [0.1, 0.15) is 5.60 Å². The highest BCUT2D eigenvalue weighted by Gasteiger charge is 2.36. The van der Waals surface area contributed by atoms with Crippen molar-refractivity contribution < 1.29 is 14.9 Å². The zero-order valence-corrected chi connectivity index (χ0v) is 15.9. The smallest absolute Gasteiger partial charge is 0.160 e. The van der Waals surface area contributed by atoms with Crippen molar-refractivity contribution in [2.75, 3.05) is 21.2 Å². The number of rotatable bonds is 6. The summed E-state index contributed by atoms with van der Waals surface area (Å²) in [6.07, 6.45) is 0. The summed E-state index contributed by atoms with van der Waals surface area (Å²) in [7, 11) is 5.42. The largest absolute Gasteiger partial charge is 0.504 e. The van der Waals surface area contributed by atoms with Crippen LogP contribution in [-0.4, -0.2) is 36.3 Å². The van der Waals surface area contributed by atoms with Crippen LogP contribution in [-0.2, 0) is 12.1 Å². The van der Waals surface area contributed by atoms with Crippen molar-refractivity contribution in [3.63, 3.8) is 0 Å². The van der Waals surface area contributed by atoms with Crippen LogP contribution in [0.3, 0.4) is 0 Å². The Morgan fingerprint density at radius 1 is 0.889 bits per heavy atom. The van der Waals surface area contributed by atoms with Gasteiger partial charge in [-0.25, -0.2) is 0 Å². The van der Waals surface area contributed by atoms with Gasteiger partial charge in [0.2, 0.25) is 0 Å². The molecule has 0 saturated carbocycles. The molecule has 0 atom stereocenters. The maximum Gasteiger partial charge on any atom is 0.160 e. The molecule has 3 aromatic rings. The van der Waals surface area contributed by atoms with Crippen molar-refractivity contribution in [1.82, 2.24) is 4.90 Å². The number of methoxy groups -OCH3 is 1. The first-order chi connectivity index (χ1) is 13.0. The van der Waals surface area contributed by atoms with E-state index in [1.807, 2.05) is 79.7 Å². The van der Waals surface area contributed by atoms with Crippen molar-refractivity contribution in [1.29, 1.82) is 0 Å². The zero-order valence-electron chi connectivity index (χ0n) is 15.9. The Balaban J connectivity index is 2.33. The van der Waals surface area contributed by atoms with Gasteiger partial charge in [-0.15, -0.1) is 0 Å². The van der Waals surface area contributed by atoms with E-state index in [-0.39, 0.29) is 5.75 Å². The number of hydrogen-bond acceptors (Lipinski definition) is 4. The minimum absolute atomic E-state index is 0.0570. The maximum absolute atomic E-state index is 12.1. The molecule has 3 aromatic carbocycles. The highest BCUT2D eigenvalue weighted by molar-refractivity contribution is 5.55. The van der Waals surface area contributed by atoms with Gasteiger partial charge in [-0.1, -0.05) is 60.7 Å². The molecular weight excluding hydrogens is 338 g/mol. The normalized spacial score (nSPS) is 11.6. The van der Waals surface area contributed by atoms with Crippen molar-refractivity contribution in [2.45, 2.75) is 12.1 Å². The summed E-state index contributed by atoms with van der Waals surface area (Å²) >= 11 is 0. The minimum atomic E-state index is -1.38. The molecule has 0 heterocycles. The quantitative estimate of drug-likeness (QED) is 0.655. The third kappa shape index (κ3) is 3.68. The summed E-state index contributed by atoms with van der Waals surface area (Å²) < 4.78 is 5.34. The number of benzene rings is 3. The Morgan fingerprint density at radius 3 is 1.85 bits per heavy atom. The highest BCUT2D eigenvalue weighted by Crippen LogP contribution is 2.42. The third-order valence-corrected chi connectivity index (χ3v) is 4.66. The van der Waals surface area contributed by atoms with E-state index in [0.29, 0.717) is 17.9 Å². The molecule has 4 nitrogen and oxygen atoms in total. The second kappa shape index (κ2) is 7.82. The molecule has 0 spiro atoms. The molecule has 0 aliphatic rings. The molecule has 0 bridgehead atoms. The number of aliphatic hydroxyl groups is 1. The van der Waals surface area contributed by atoms with Gasteiger partial charge in [-0.05, 0) is 42.9 Å². The lowest BCUT2D eigenvalue weighted by molar-refractivity contribution is 0.123. The van der Waals surface area contributed by atoms with Gasteiger partial charge in [0, 0.05) is 12.1 Å². The van der Waals surface area contributed by atoms with Gasteiger partial charge in [-0.3, -0.25) is 0 Å². The van der Waals surface area contributed by atoms with E-state index in [2.05, 4.69) is 0 Å². The van der Waals surface area contributed by atoms with E-state index in [4.69, 9.17) is 4.74 Å². The zero-order chi connectivity index (χ0) is 19.4. The number of hydrogen-bond donors (Lipinski definition) is 2. The standard InChI is InChI=1S/C23H25NO3/c1-24(2)16-17-14-21(25)22(27-3)15-20(17)23(26,18-10-6-4-7-11-18)19-12-8-5-9-13-19/h4-15,25-26H,16H2,1-3H3. The molecule has 2 N–H and O–H groups in total. The average Bonchev–Trinajstić information content (AvgIpc) is 2.68. The van der Waals surface area contributed by atoms with Gasteiger partial charge >= 0.3 is 0 Å². The van der Waals surface area contributed by atoms with Crippen molar-refractivity contribution in [3.8, 4) is 11.5 Å². The van der Waals surface area contributed by atoms with Crippen LogP contribution in [0.1, 0.15) is 22.3 Å². The van der Waals surface area contributed by atoms with Crippen molar-refractivity contribution >= 4 is 0 Å². The molecule has 0 amide bonds. The molecule has 0 aliphatic carbocycles. The molecule has 27 heavy (non-hydrogen) atoms. The van der Waals surface area contributed by atoms with Crippen molar-refractivity contribution in [3.05, 3.63) is 95.1 Å². The highest BCUT2D eigenvalue weighted by atomic mass is 16.5. The summed E-state index contributed by atoms with van der Waals surface area (Å²) in [5, 5.41) is 22.4. The number of ether oxygens (including phenoxy) is 1. The molecule has 0 aromatic heterocycles. The van der Waals surface area contributed by atoms with Crippen LogP contribution in [0.25, 0.3) is 0 Å². The van der Waals surface area contributed by atoms with E-state index < -0.39 is 5.60 Å². The van der Waals surface area contributed by atoms with E-state index >= 15 is 0 Å². The second-order valence-corrected chi connectivity index (χ2v) is 6.86. The fourth-order valence-corrected chi connectivity index (χ4v) is 3.42. The maximum atomic E-state index is 12.1. The van der Waals surface area contributed by atoms with E-state index in [9.17, 15) is 10.2 Å². The van der Waals surface area contributed by atoms with Gasteiger partial charge in [0.05, 0.1) is 7.11 Å². The molecular formula is C23H25NO3. The Morgan fingerprint density at radius 2 is 1.41 bits per heavy atom. The van der Waals surface area contributed by atoms with E-state index in [1.165, 1.54) is 7.11 Å². The fourth-order valence-electron chi connectivity index (χ4n) is 3.42. The van der Waals surface area contributed by atoms with E-state index in [1.54, 1.807) is 12.1 Å². The minimum Gasteiger partial charge on any atom is -0.504 e. The monoisotopic (exact) mass is 363 g/mol. The van der Waals surface area contributed by atoms with Crippen LogP contribution in [0, 0.1) is 0 Å². The van der Waals surface area contributed by atoms with Gasteiger partial charge in [-0.2, -0.15) is 0 Å². The van der Waals surface area contributed by atoms with Gasteiger partial charge < -0.3 is 19.8 Å². The molecule has 0 fully saturated rings.